The highest BCUT2D eigenvalue weighted by Gasteiger charge is 2.41. The molecule has 2 fully saturated rings. The molecule has 0 radical (unpaired) electrons. The van der Waals surface area contributed by atoms with Crippen molar-refractivity contribution in [2.45, 2.75) is 56.3 Å². The van der Waals surface area contributed by atoms with Crippen LogP contribution in [0.15, 0.2) is 24.3 Å². The fourth-order valence-electron chi connectivity index (χ4n) is 3.91. The predicted octanol–water partition coefficient (Wildman–Crippen LogP) is 3.52. The summed E-state index contributed by atoms with van der Waals surface area (Å²) in [5.74, 6) is -1.16. The topological polar surface area (TPSA) is 55.3 Å². The number of nitrogens with zero attached hydrogens (tertiary/aromatic N) is 1. The van der Waals surface area contributed by atoms with Crippen molar-refractivity contribution < 1.29 is 13.2 Å². The molecule has 1 saturated carbocycles. The summed E-state index contributed by atoms with van der Waals surface area (Å²) in [4.78, 5) is 2.03. The Morgan fingerprint density at radius 1 is 0.958 bits per heavy atom. The van der Waals surface area contributed by atoms with Gasteiger partial charge in [-0.3, -0.25) is 0 Å². The minimum absolute atomic E-state index is 0.171. The molecule has 0 amide bonds. The molecule has 6 heteroatoms. The lowest BCUT2D eigenvalue weighted by Crippen LogP contribution is -2.43. The second-order valence-corrected chi connectivity index (χ2v) is 7.34. The van der Waals surface area contributed by atoms with Crippen LogP contribution in [0.2, 0.25) is 0 Å². The van der Waals surface area contributed by atoms with Gasteiger partial charge in [0, 0.05) is 30.4 Å². The van der Waals surface area contributed by atoms with E-state index in [0.29, 0.717) is 13.1 Å². The molecule has 1 aliphatic heterocycles. The van der Waals surface area contributed by atoms with Crippen LogP contribution in [0.25, 0.3) is 0 Å². The molecule has 0 bridgehead atoms. The Hall–Kier alpha value is -1.27. The molecular formula is C18H26F3N3. The molecule has 2 aliphatic rings. The Kier molecular flexibility index (Phi) is 4.80. The molecule has 3 rings (SSSR count). The first kappa shape index (κ1) is 17.5. The van der Waals surface area contributed by atoms with E-state index in [9.17, 15) is 13.2 Å². The molecule has 4 N–H and O–H groups in total. The quantitative estimate of drug-likeness (QED) is 0.865. The molecule has 24 heavy (non-hydrogen) atoms. The second-order valence-electron chi connectivity index (χ2n) is 7.34. The van der Waals surface area contributed by atoms with Crippen molar-refractivity contribution in [3.05, 3.63) is 29.8 Å². The van der Waals surface area contributed by atoms with Gasteiger partial charge in [-0.2, -0.15) is 13.2 Å². The van der Waals surface area contributed by atoms with Gasteiger partial charge in [-0.05, 0) is 56.2 Å². The van der Waals surface area contributed by atoms with Crippen LogP contribution in [0, 0.1) is 5.92 Å². The highest BCUT2D eigenvalue weighted by Crippen LogP contribution is 2.37. The summed E-state index contributed by atoms with van der Waals surface area (Å²) in [6.45, 7) is 0.901. The van der Waals surface area contributed by atoms with Gasteiger partial charge in [0.2, 0.25) is 0 Å². The third-order valence-corrected chi connectivity index (χ3v) is 5.69. The molecule has 0 unspecified atom stereocenters. The number of hydrogen-bond donors (Lipinski definition) is 2. The Balaban J connectivity index is 1.63. The minimum Gasteiger partial charge on any atom is -0.372 e. The van der Waals surface area contributed by atoms with Crippen molar-refractivity contribution in [2.75, 3.05) is 18.0 Å². The lowest BCUT2D eigenvalue weighted by atomic mass is 9.76. The smallest absolute Gasteiger partial charge is 0.372 e. The highest BCUT2D eigenvalue weighted by molar-refractivity contribution is 5.49. The first-order valence-electron chi connectivity index (χ1n) is 8.75. The molecule has 1 aliphatic carbocycles. The number of benzene rings is 1. The summed E-state index contributed by atoms with van der Waals surface area (Å²) in [5, 5.41) is 0. The van der Waals surface area contributed by atoms with Crippen molar-refractivity contribution in [2.24, 2.45) is 17.4 Å². The van der Waals surface area contributed by atoms with E-state index < -0.39 is 12.1 Å². The Labute approximate surface area is 141 Å². The Morgan fingerprint density at radius 3 is 2.00 bits per heavy atom. The normalized spacial score (nSPS) is 29.7. The van der Waals surface area contributed by atoms with Crippen molar-refractivity contribution in [3.63, 3.8) is 0 Å². The van der Waals surface area contributed by atoms with Crippen LogP contribution < -0.4 is 16.4 Å². The van der Waals surface area contributed by atoms with Gasteiger partial charge in [0.05, 0.1) is 5.92 Å². The van der Waals surface area contributed by atoms with E-state index in [0.717, 1.165) is 36.9 Å². The van der Waals surface area contributed by atoms with Crippen LogP contribution in [-0.2, 0) is 5.54 Å². The zero-order valence-electron chi connectivity index (χ0n) is 13.9. The molecular weight excluding hydrogens is 315 g/mol. The SMILES string of the molecule is NC1CCC(N)(c2ccc(N3CCC(C(F)(F)F)CC3)cc2)CC1. The Bertz CT molecular complexity index is 540. The van der Waals surface area contributed by atoms with Crippen LogP contribution in [0.1, 0.15) is 44.1 Å². The van der Waals surface area contributed by atoms with Crippen LogP contribution in [0.5, 0.6) is 0 Å². The van der Waals surface area contributed by atoms with Crippen LogP contribution in [0.4, 0.5) is 18.9 Å². The molecule has 3 nitrogen and oxygen atoms in total. The van der Waals surface area contributed by atoms with Gasteiger partial charge in [0.1, 0.15) is 0 Å². The zero-order valence-corrected chi connectivity index (χ0v) is 13.9. The molecule has 1 aromatic rings. The van der Waals surface area contributed by atoms with Gasteiger partial charge < -0.3 is 16.4 Å². The van der Waals surface area contributed by atoms with Crippen molar-refractivity contribution in [1.29, 1.82) is 0 Å². The summed E-state index contributed by atoms with van der Waals surface area (Å²) in [6, 6.07) is 8.29. The van der Waals surface area contributed by atoms with Gasteiger partial charge in [-0.15, -0.1) is 0 Å². The monoisotopic (exact) mass is 341 g/mol. The maximum atomic E-state index is 12.8. The molecule has 134 valence electrons. The lowest BCUT2D eigenvalue weighted by molar-refractivity contribution is -0.179. The van der Waals surface area contributed by atoms with E-state index in [-0.39, 0.29) is 24.4 Å². The summed E-state index contributed by atoms with van der Waals surface area (Å²) in [5.41, 5.74) is 14.3. The van der Waals surface area contributed by atoms with Crippen LogP contribution >= 0.6 is 0 Å². The number of anilines is 1. The van der Waals surface area contributed by atoms with Crippen molar-refractivity contribution in [3.8, 4) is 0 Å². The maximum absolute atomic E-state index is 12.8. The van der Waals surface area contributed by atoms with Crippen LogP contribution in [-0.4, -0.2) is 25.3 Å². The summed E-state index contributed by atoms with van der Waals surface area (Å²) < 4.78 is 38.3. The van der Waals surface area contributed by atoms with Crippen molar-refractivity contribution in [1.82, 2.24) is 0 Å². The Morgan fingerprint density at radius 2 is 1.50 bits per heavy atom. The highest BCUT2D eigenvalue weighted by atomic mass is 19.4. The molecule has 1 saturated heterocycles. The van der Waals surface area contributed by atoms with E-state index in [1.54, 1.807) is 0 Å². The molecule has 0 aromatic heterocycles. The van der Waals surface area contributed by atoms with E-state index in [1.807, 2.05) is 29.2 Å². The minimum atomic E-state index is -4.07. The lowest BCUT2D eigenvalue weighted by Gasteiger charge is -2.37. The number of piperidine rings is 1. The van der Waals surface area contributed by atoms with Gasteiger partial charge in [-0.1, -0.05) is 12.1 Å². The number of nitrogens with two attached hydrogens (primary N) is 2. The number of rotatable bonds is 2. The van der Waals surface area contributed by atoms with Gasteiger partial charge in [0.25, 0.3) is 0 Å². The standard InChI is InChI=1S/C18H26F3N3/c19-18(20,21)14-7-11-24(12-8-14)16-3-1-13(2-4-16)17(23)9-5-15(22)6-10-17/h1-4,14-15H,5-12,22-23H2. The van der Waals surface area contributed by atoms with Gasteiger partial charge in [0.15, 0.2) is 0 Å². The fourth-order valence-corrected chi connectivity index (χ4v) is 3.91. The number of hydrogen-bond acceptors (Lipinski definition) is 3. The van der Waals surface area contributed by atoms with E-state index in [4.69, 9.17) is 11.5 Å². The molecule has 1 aromatic carbocycles. The first-order valence-corrected chi connectivity index (χ1v) is 8.75. The average molecular weight is 341 g/mol. The second kappa shape index (κ2) is 6.56. The maximum Gasteiger partial charge on any atom is 0.391 e. The summed E-state index contributed by atoms with van der Waals surface area (Å²) >= 11 is 0. The molecule has 1 heterocycles. The van der Waals surface area contributed by atoms with E-state index in [1.165, 1.54) is 0 Å². The molecule has 0 spiro atoms. The summed E-state index contributed by atoms with van der Waals surface area (Å²) in [6.07, 6.45) is -0.0982. The number of halogens is 3. The third-order valence-electron chi connectivity index (χ3n) is 5.69. The largest absolute Gasteiger partial charge is 0.391 e. The number of alkyl halides is 3. The zero-order chi connectivity index (χ0) is 17.4. The first-order chi connectivity index (χ1) is 11.3. The average Bonchev–Trinajstić information content (AvgIpc) is 2.57. The van der Waals surface area contributed by atoms with Gasteiger partial charge >= 0.3 is 6.18 Å². The van der Waals surface area contributed by atoms with E-state index >= 15 is 0 Å². The fraction of sp³-hybridized carbons (Fsp3) is 0.667. The van der Waals surface area contributed by atoms with E-state index in [2.05, 4.69) is 0 Å². The third kappa shape index (κ3) is 3.70. The van der Waals surface area contributed by atoms with Gasteiger partial charge in [-0.25, -0.2) is 0 Å². The predicted molar refractivity (Wildman–Crippen MR) is 89.7 cm³/mol. The summed E-state index contributed by atoms with van der Waals surface area (Å²) in [7, 11) is 0. The molecule has 0 atom stereocenters. The van der Waals surface area contributed by atoms with Crippen molar-refractivity contribution >= 4 is 5.69 Å². The van der Waals surface area contributed by atoms with Crippen LogP contribution in [0.3, 0.4) is 0 Å².